The fourth-order valence-electron chi connectivity index (χ4n) is 1.72. The van der Waals surface area contributed by atoms with Crippen molar-refractivity contribution in [2.45, 2.75) is 25.9 Å². The first-order chi connectivity index (χ1) is 6.74. The van der Waals surface area contributed by atoms with Gasteiger partial charge in [0, 0.05) is 13.1 Å². The number of rotatable bonds is 2. The molecule has 0 spiro atoms. The van der Waals surface area contributed by atoms with Crippen LogP contribution >= 0.6 is 0 Å². The van der Waals surface area contributed by atoms with E-state index in [1.807, 2.05) is 6.92 Å². The first-order valence-corrected chi connectivity index (χ1v) is 4.63. The summed E-state index contributed by atoms with van der Waals surface area (Å²) in [7, 11) is 0. The molecular formula is C8H12N4O2. The van der Waals surface area contributed by atoms with Gasteiger partial charge in [-0.2, -0.15) is 0 Å². The molecule has 1 aromatic heterocycles. The van der Waals surface area contributed by atoms with Crippen molar-refractivity contribution in [1.29, 1.82) is 0 Å². The number of aromatic nitrogens is 3. The van der Waals surface area contributed by atoms with Crippen molar-refractivity contribution in [3.63, 3.8) is 0 Å². The second kappa shape index (κ2) is 3.38. The first kappa shape index (κ1) is 9.14. The second-order valence-electron chi connectivity index (χ2n) is 3.25. The molecule has 14 heavy (non-hydrogen) atoms. The summed E-state index contributed by atoms with van der Waals surface area (Å²) < 4.78 is 1.67. The minimum absolute atomic E-state index is 0.0416. The highest BCUT2D eigenvalue weighted by Gasteiger charge is 2.25. The number of hydrogen-bond donors (Lipinski definition) is 2. The molecular weight excluding hydrogens is 184 g/mol. The van der Waals surface area contributed by atoms with Gasteiger partial charge in [-0.05, 0) is 6.42 Å². The zero-order chi connectivity index (χ0) is 10.1. The van der Waals surface area contributed by atoms with Crippen molar-refractivity contribution in [1.82, 2.24) is 20.1 Å². The Kier molecular flexibility index (Phi) is 2.20. The Labute approximate surface area is 80.9 Å². The summed E-state index contributed by atoms with van der Waals surface area (Å²) in [4.78, 5) is 10.8. The van der Waals surface area contributed by atoms with Crippen LogP contribution in [0.15, 0.2) is 0 Å². The van der Waals surface area contributed by atoms with E-state index in [0.717, 1.165) is 18.8 Å². The molecule has 1 aliphatic heterocycles. The first-order valence-electron chi connectivity index (χ1n) is 4.63. The van der Waals surface area contributed by atoms with Crippen LogP contribution in [0, 0.1) is 0 Å². The summed E-state index contributed by atoms with van der Waals surface area (Å²) in [6.45, 7) is 3.42. The molecule has 1 aromatic rings. The quantitative estimate of drug-likeness (QED) is 0.697. The van der Waals surface area contributed by atoms with E-state index in [4.69, 9.17) is 5.11 Å². The molecule has 76 valence electrons. The third-order valence-corrected chi connectivity index (χ3v) is 2.42. The highest BCUT2D eigenvalue weighted by Crippen LogP contribution is 2.18. The highest BCUT2D eigenvalue weighted by atomic mass is 16.4. The topological polar surface area (TPSA) is 80.0 Å². The largest absolute Gasteiger partial charge is 0.475 e. The molecule has 6 nitrogen and oxygen atoms in total. The van der Waals surface area contributed by atoms with Crippen molar-refractivity contribution in [3.8, 4) is 0 Å². The van der Waals surface area contributed by atoms with E-state index in [-0.39, 0.29) is 11.9 Å². The minimum Gasteiger partial charge on any atom is -0.475 e. The normalized spacial score (nSPS) is 20.5. The number of fused-ring (bicyclic) bond motifs is 1. The van der Waals surface area contributed by atoms with Gasteiger partial charge in [-0.1, -0.05) is 6.92 Å². The SMILES string of the molecule is CC[C@@H]1NCCn2c(C(=O)O)nnc21. The molecule has 0 aromatic carbocycles. The maximum absolute atomic E-state index is 10.8. The molecule has 0 saturated carbocycles. The van der Waals surface area contributed by atoms with Gasteiger partial charge in [0.1, 0.15) is 0 Å². The summed E-state index contributed by atoms with van der Waals surface area (Å²) in [6, 6.07) is 0.129. The van der Waals surface area contributed by atoms with Crippen molar-refractivity contribution in [2.24, 2.45) is 0 Å². The minimum atomic E-state index is -1.01. The van der Waals surface area contributed by atoms with E-state index in [2.05, 4.69) is 15.5 Å². The summed E-state index contributed by atoms with van der Waals surface area (Å²) >= 11 is 0. The number of nitrogens with zero attached hydrogens (tertiary/aromatic N) is 3. The van der Waals surface area contributed by atoms with Crippen LogP contribution in [0.1, 0.15) is 35.8 Å². The third-order valence-electron chi connectivity index (χ3n) is 2.42. The molecule has 0 radical (unpaired) electrons. The number of carboxylic acid groups (broad SMARTS) is 1. The molecule has 0 unspecified atom stereocenters. The lowest BCUT2D eigenvalue weighted by molar-refractivity contribution is 0.0676. The van der Waals surface area contributed by atoms with Crippen LogP contribution in [0.25, 0.3) is 0 Å². The third kappa shape index (κ3) is 1.27. The Balaban J connectivity index is 2.42. The Morgan fingerprint density at radius 3 is 3.14 bits per heavy atom. The monoisotopic (exact) mass is 196 g/mol. The summed E-state index contributed by atoms with van der Waals surface area (Å²) in [5.74, 6) is -0.239. The van der Waals surface area contributed by atoms with Crippen LogP contribution in [0.2, 0.25) is 0 Å². The van der Waals surface area contributed by atoms with E-state index < -0.39 is 5.97 Å². The summed E-state index contributed by atoms with van der Waals surface area (Å²) in [6.07, 6.45) is 0.887. The van der Waals surface area contributed by atoms with Gasteiger partial charge >= 0.3 is 5.97 Å². The Bertz CT molecular complexity index is 360. The van der Waals surface area contributed by atoms with Gasteiger partial charge in [0.25, 0.3) is 0 Å². The lowest BCUT2D eigenvalue weighted by Crippen LogP contribution is -2.34. The molecule has 6 heteroatoms. The van der Waals surface area contributed by atoms with Crippen LogP contribution in [-0.4, -0.2) is 32.4 Å². The lowest BCUT2D eigenvalue weighted by atomic mass is 10.2. The molecule has 1 aliphatic rings. The zero-order valence-electron chi connectivity index (χ0n) is 7.90. The van der Waals surface area contributed by atoms with Crippen LogP contribution in [-0.2, 0) is 6.54 Å². The molecule has 0 saturated heterocycles. The predicted molar refractivity (Wildman–Crippen MR) is 48.0 cm³/mol. The fourth-order valence-corrected chi connectivity index (χ4v) is 1.72. The molecule has 0 bridgehead atoms. The van der Waals surface area contributed by atoms with Crippen LogP contribution in [0.4, 0.5) is 0 Å². The Morgan fingerprint density at radius 2 is 2.50 bits per heavy atom. The number of carbonyl (C=O) groups is 1. The van der Waals surface area contributed by atoms with Gasteiger partial charge in [0.15, 0.2) is 5.82 Å². The van der Waals surface area contributed by atoms with Gasteiger partial charge in [-0.3, -0.25) is 0 Å². The Morgan fingerprint density at radius 1 is 1.71 bits per heavy atom. The van der Waals surface area contributed by atoms with Crippen molar-refractivity contribution >= 4 is 5.97 Å². The zero-order valence-corrected chi connectivity index (χ0v) is 7.90. The van der Waals surface area contributed by atoms with E-state index in [1.165, 1.54) is 0 Å². The van der Waals surface area contributed by atoms with E-state index in [1.54, 1.807) is 4.57 Å². The van der Waals surface area contributed by atoms with Gasteiger partial charge < -0.3 is 15.0 Å². The van der Waals surface area contributed by atoms with E-state index in [0.29, 0.717) is 6.54 Å². The average molecular weight is 196 g/mol. The molecule has 2 rings (SSSR count). The number of hydrogen-bond acceptors (Lipinski definition) is 4. The molecule has 2 N–H and O–H groups in total. The predicted octanol–water partition coefficient (Wildman–Crippen LogP) is 0.0306. The molecule has 0 aliphatic carbocycles. The van der Waals surface area contributed by atoms with Gasteiger partial charge in [-0.15, -0.1) is 10.2 Å². The molecule has 0 fully saturated rings. The van der Waals surface area contributed by atoms with Crippen LogP contribution < -0.4 is 5.32 Å². The molecule has 2 heterocycles. The lowest BCUT2D eigenvalue weighted by Gasteiger charge is -2.23. The maximum atomic E-state index is 10.8. The van der Waals surface area contributed by atoms with Crippen molar-refractivity contribution < 1.29 is 9.90 Å². The standard InChI is InChI=1S/C8H12N4O2/c1-2-5-6-10-11-7(8(13)14)12(6)4-3-9-5/h5,9H,2-4H2,1H3,(H,13,14)/t5-/m0/s1. The molecule has 1 atom stereocenters. The van der Waals surface area contributed by atoms with Gasteiger partial charge in [0.05, 0.1) is 6.04 Å². The van der Waals surface area contributed by atoms with Crippen molar-refractivity contribution in [2.75, 3.05) is 6.54 Å². The summed E-state index contributed by atoms with van der Waals surface area (Å²) in [5, 5.41) is 19.7. The van der Waals surface area contributed by atoms with Crippen molar-refractivity contribution in [3.05, 3.63) is 11.6 Å². The fraction of sp³-hybridized carbons (Fsp3) is 0.625. The number of aromatic carboxylic acids is 1. The Hall–Kier alpha value is -1.43. The maximum Gasteiger partial charge on any atom is 0.374 e. The summed E-state index contributed by atoms with van der Waals surface area (Å²) in [5.41, 5.74) is 0. The van der Waals surface area contributed by atoms with E-state index >= 15 is 0 Å². The van der Waals surface area contributed by atoms with Crippen LogP contribution in [0.5, 0.6) is 0 Å². The number of nitrogens with one attached hydrogen (secondary N) is 1. The van der Waals surface area contributed by atoms with Gasteiger partial charge in [0.2, 0.25) is 5.82 Å². The van der Waals surface area contributed by atoms with E-state index in [9.17, 15) is 4.79 Å². The molecule has 0 amide bonds. The van der Waals surface area contributed by atoms with Gasteiger partial charge in [-0.25, -0.2) is 4.79 Å². The average Bonchev–Trinajstić information content (AvgIpc) is 2.60. The smallest absolute Gasteiger partial charge is 0.374 e. The highest BCUT2D eigenvalue weighted by molar-refractivity contribution is 5.83. The number of carboxylic acids is 1. The van der Waals surface area contributed by atoms with Crippen LogP contribution in [0.3, 0.4) is 0 Å². The second-order valence-corrected chi connectivity index (χ2v) is 3.25.